The third-order valence-electron chi connectivity index (χ3n) is 3.04. The van der Waals surface area contributed by atoms with Crippen LogP contribution in [0, 0.1) is 0 Å². The number of benzene rings is 2. The van der Waals surface area contributed by atoms with E-state index in [0.717, 1.165) is 0 Å². The number of carbonyl (C=O) groups is 1. The number of thioether (sulfide) groups is 1. The van der Waals surface area contributed by atoms with E-state index in [4.69, 9.17) is 16.0 Å². The number of ketones is 1. The zero-order valence-corrected chi connectivity index (χ0v) is 12.8. The lowest BCUT2D eigenvalue weighted by Gasteiger charge is -2.07. The molecule has 0 fully saturated rings. The third kappa shape index (κ3) is 3.12. The molecular weight excluding hydrogens is 306 g/mol. The van der Waals surface area contributed by atoms with E-state index in [1.54, 1.807) is 18.2 Å². The fraction of sp³-hybridized carbons (Fsp3) is 0.125. The highest BCUT2D eigenvalue weighted by Crippen LogP contribution is 2.29. The Kier molecular flexibility index (Phi) is 3.99. The minimum atomic E-state index is -0.268. The van der Waals surface area contributed by atoms with Crippen LogP contribution in [0.1, 0.15) is 17.3 Å². The third-order valence-corrected chi connectivity index (χ3v) is 4.21. The van der Waals surface area contributed by atoms with Gasteiger partial charge in [-0.15, -0.1) is 0 Å². The number of oxazole rings is 1. The summed E-state index contributed by atoms with van der Waals surface area (Å²) >= 11 is 7.23. The lowest BCUT2D eigenvalue weighted by Crippen LogP contribution is -2.13. The smallest absolute Gasteiger partial charge is 0.257 e. The quantitative estimate of drug-likeness (QED) is 0.510. The molecule has 1 unspecified atom stereocenters. The van der Waals surface area contributed by atoms with Crippen molar-refractivity contribution in [3.63, 3.8) is 0 Å². The summed E-state index contributed by atoms with van der Waals surface area (Å²) in [5, 5.41) is 0.820. The van der Waals surface area contributed by atoms with E-state index in [2.05, 4.69) is 4.98 Å². The van der Waals surface area contributed by atoms with Gasteiger partial charge in [0.15, 0.2) is 11.4 Å². The Morgan fingerprint density at radius 3 is 2.76 bits per heavy atom. The van der Waals surface area contributed by atoms with Crippen LogP contribution in [0.2, 0.25) is 5.02 Å². The van der Waals surface area contributed by atoms with E-state index in [9.17, 15) is 4.79 Å². The van der Waals surface area contributed by atoms with Gasteiger partial charge < -0.3 is 4.42 Å². The van der Waals surface area contributed by atoms with Crippen LogP contribution in [0.25, 0.3) is 11.1 Å². The summed E-state index contributed by atoms with van der Waals surface area (Å²) in [5.74, 6) is 0.0564. The number of fused-ring (bicyclic) bond motifs is 1. The summed E-state index contributed by atoms with van der Waals surface area (Å²) in [6, 6.07) is 14.5. The van der Waals surface area contributed by atoms with Crippen LogP contribution in [0.5, 0.6) is 0 Å². The summed E-state index contributed by atoms with van der Waals surface area (Å²) in [4.78, 5) is 16.7. The van der Waals surface area contributed by atoms with Crippen molar-refractivity contribution in [2.45, 2.75) is 17.4 Å². The first-order valence-corrected chi connectivity index (χ1v) is 7.71. The standard InChI is InChI=1S/C16H12ClNO2S/c1-10(15(19)11-5-3-2-4-6-11)21-16-18-13-9-12(17)7-8-14(13)20-16/h2-10H,1H3. The molecule has 0 bridgehead atoms. The Hall–Kier alpha value is -1.78. The van der Waals surface area contributed by atoms with Gasteiger partial charge in [0.25, 0.3) is 5.22 Å². The van der Waals surface area contributed by atoms with Crippen molar-refractivity contribution in [1.29, 1.82) is 0 Å². The van der Waals surface area contributed by atoms with Crippen molar-refractivity contribution in [2.24, 2.45) is 0 Å². The topological polar surface area (TPSA) is 43.1 Å². The van der Waals surface area contributed by atoms with Crippen LogP contribution in [-0.4, -0.2) is 16.0 Å². The van der Waals surface area contributed by atoms with Crippen LogP contribution < -0.4 is 0 Å². The highest BCUT2D eigenvalue weighted by Gasteiger charge is 2.19. The van der Waals surface area contributed by atoms with E-state index in [-0.39, 0.29) is 11.0 Å². The number of hydrogen-bond acceptors (Lipinski definition) is 4. The molecule has 0 saturated carbocycles. The van der Waals surface area contributed by atoms with Gasteiger partial charge in [0.2, 0.25) is 0 Å². The molecule has 21 heavy (non-hydrogen) atoms. The summed E-state index contributed by atoms with van der Waals surface area (Å²) in [7, 11) is 0. The SMILES string of the molecule is CC(Sc1nc2cc(Cl)ccc2o1)C(=O)c1ccccc1. The van der Waals surface area contributed by atoms with Gasteiger partial charge in [-0.05, 0) is 25.1 Å². The van der Waals surface area contributed by atoms with Gasteiger partial charge in [-0.3, -0.25) is 4.79 Å². The Bertz CT molecular complexity index is 785. The maximum absolute atomic E-state index is 12.3. The largest absolute Gasteiger partial charge is 0.431 e. The van der Waals surface area contributed by atoms with E-state index in [0.29, 0.717) is 26.9 Å². The predicted molar refractivity (Wildman–Crippen MR) is 85.1 cm³/mol. The molecule has 0 radical (unpaired) electrons. The fourth-order valence-corrected chi connectivity index (χ4v) is 2.97. The molecule has 0 aliphatic carbocycles. The van der Waals surface area contributed by atoms with Gasteiger partial charge in [0.1, 0.15) is 5.52 Å². The second-order valence-corrected chi connectivity index (χ2v) is 6.31. The lowest BCUT2D eigenvalue weighted by atomic mass is 10.1. The summed E-state index contributed by atoms with van der Waals surface area (Å²) in [6.07, 6.45) is 0. The molecule has 1 aromatic heterocycles. The van der Waals surface area contributed by atoms with Gasteiger partial charge >= 0.3 is 0 Å². The van der Waals surface area contributed by atoms with Crippen LogP contribution in [0.4, 0.5) is 0 Å². The number of aromatic nitrogens is 1. The second-order valence-electron chi connectivity index (χ2n) is 4.58. The van der Waals surface area contributed by atoms with Crippen molar-refractivity contribution in [3.05, 3.63) is 59.1 Å². The number of rotatable bonds is 4. The molecule has 0 N–H and O–H groups in total. The molecular formula is C16H12ClNO2S. The number of carbonyl (C=O) groups excluding carboxylic acids is 1. The molecule has 3 rings (SSSR count). The average Bonchev–Trinajstić information content (AvgIpc) is 2.88. The normalized spacial score (nSPS) is 12.5. The Labute approximate surface area is 131 Å². The van der Waals surface area contributed by atoms with Crippen molar-refractivity contribution in [2.75, 3.05) is 0 Å². The minimum absolute atomic E-state index is 0.0564. The van der Waals surface area contributed by atoms with Gasteiger partial charge in [-0.1, -0.05) is 53.7 Å². The zero-order chi connectivity index (χ0) is 14.8. The van der Waals surface area contributed by atoms with Gasteiger partial charge in [-0.2, -0.15) is 0 Å². The Morgan fingerprint density at radius 1 is 1.24 bits per heavy atom. The van der Waals surface area contributed by atoms with E-state index in [1.165, 1.54) is 11.8 Å². The molecule has 3 nitrogen and oxygen atoms in total. The Balaban J connectivity index is 1.80. The van der Waals surface area contributed by atoms with E-state index >= 15 is 0 Å². The first-order chi connectivity index (χ1) is 10.1. The van der Waals surface area contributed by atoms with Gasteiger partial charge in [0.05, 0.1) is 5.25 Å². The molecule has 5 heteroatoms. The van der Waals surface area contributed by atoms with Gasteiger partial charge in [-0.25, -0.2) is 4.98 Å². The average molecular weight is 318 g/mol. The van der Waals surface area contributed by atoms with E-state index in [1.807, 2.05) is 37.3 Å². The van der Waals surface area contributed by atoms with Crippen molar-refractivity contribution >= 4 is 40.2 Å². The predicted octanol–water partition coefficient (Wildman–Crippen LogP) is 4.84. The van der Waals surface area contributed by atoms with Crippen LogP contribution in [0.3, 0.4) is 0 Å². The number of Topliss-reactive ketones (excluding diaryl/α,β-unsaturated/α-hetero) is 1. The van der Waals surface area contributed by atoms with Crippen molar-refractivity contribution in [3.8, 4) is 0 Å². The minimum Gasteiger partial charge on any atom is -0.431 e. The van der Waals surface area contributed by atoms with Crippen LogP contribution in [-0.2, 0) is 0 Å². The fourth-order valence-electron chi connectivity index (χ4n) is 1.97. The molecule has 0 spiro atoms. The number of nitrogens with zero attached hydrogens (tertiary/aromatic N) is 1. The molecule has 106 valence electrons. The highest BCUT2D eigenvalue weighted by atomic mass is 35.5. The second kappa shape index (κ2) is 5.92. The molecule has 0 aliphatic heterocycles. The monoisotopic (exact) mass is 317 g/mol. The van der Waals surface area contributed by atoms with Crippen LogP contribution >= 0.6 is 23.4 Å². The molecule has 0 saturated heterocycles. The zero-order valence-electron chi connectivity index (χ0n) is 11.2. The highest BCUT2D eigenvalue weighted by molar-refractivity contribution is 8.00. The number of hydrogen-bond donors (Lipinski definition) is 0. The maximum atomic E-state index is 12.3. The molecule has 0 amide bonds. The number of halogens is 1. The molecule has 2 aromatic carbocycles. The van der Waals surface area contributed by atoms with Gasteiger partial charge in [0, 0.05) is 10.6 Å². The summed E-state index contributed by atoms with van der Waals surface area (Å²) < 4.78 is 5.62. The van der Waals surface area contributed by atoms with Crippen LogP contribution in [0.15, 0.2) is 58.2 Å². The maximum Gasteiger partial charge on any atom is 0.257 e. The van der Waals surface area contributed by atoms with E-state index < -0.39 is 0 Å². The van der Waals surface area contributed by atoms with Crippen molar-refractivity contribution < 1.29 is 9.21 Å². The molecule has 0 aliphatic rings. The first kappa shape index (κ1) is 14.2. The lowest BCUT2D eigenvalue weighted by molar-refractivity contribution is 0.0993. The molecule has 1 heterocycles. The first-order valence-electron chi connectivity index (χ1n) is 6.45. The Morgan fingerprint density at radius 2 is 2.00 bits per heavy atom. The van der Waals surface area contributed by atoms with Crippen molar-refractivity contribution in [1.82, 2.24) is 4.98 Å². The summed E-state index contributed by atoms with van der Waals surface area (Å²) in [6.45, 7) is 1.85. The molecule has 1 atom stereocenters. The molecule has 3 aromatic rings. The summed E-state index contributed by atoms with van der Waals surface area (Å²) in [5.41, 5.74) is 2.06.